The third-order valence-electron chi connectivity index (χ3n) is 0.954. The second kappa shape index (κ2) is 9.75. The summed E-state index contributed by atoms with van der Waals surface area (Å²) in [7, 11) is 0. The van der Waals surface area contributed by atoms with Gasteiger partial charge in [0.05, 0.1) is 0 Å². The molecular formula is C8H15NO3. The molecule has 0 aliphatic rings. The smallest absolute Gasteiger partial charge is 0.450 e. The van der Waals surface area contributed by atoms with Gasteiger partial charge >= 0.3 is 6.16 Å². The summed E-state index contributed by atoms with van der Waals surface area (Å²) in [6.45, 7) is 5.53. The summed E-state index contributed by atoms with van der Waals surface area (Å²) >= 11 is 0. The normalized spacial score (nSPS) is 10.2. The van der Waals surface area contributed by atoms with Crippen LogP contribution in [0, 0.1) is 0 Å². The lowest BCUT2D eigenvalue weighted by molar-refractivity contribution is 0.137. The molecule has 0 bridgehead atoms. The Balaban J connectivity index is 0. The maximum Gasteiger partial charge on any atom is 0.503 e. The summed E-state index contributed by atoms with van der Waals surface area (Å²) in [6, 6.07) is 0.164. The van der Waals surface area contributed by atoms with Crippen molar-refractivity contribution in [1.29, 1.82) is 0 Å². The molecule has 1 atom stereocenters. The average Bonchev–Trinajstić information content (AvgIpc) is 1.87. The Labute approximate surface area is 72.0 Å². The van der Waals surface area contributed by atoms with E-state index in [0.29, 0.717) is 0 Å². The van der Waals surface area contributed by atoms with Crippen molar-refractivity contribution in [2.75, 3.05) is 0 Å². The van der Waals surface area contributed by atoms with Gasteiger partial charge in [0.25, 0.3) is 0 Å². The highest BCUT2D eigenvalue weighted by Gasteiger charge is 1.90. The van der Waals surface area contributed by atoms with Crippen LogP contribution in [0.4, 0.5) is 4.79 Å². The predicted octanol–water partition coefficient (Wildman–Crippen LogP) is 1.68. The van der Waals surface area contributed by atoms with E-state index in [1.807, 2.05) is 0 Å². The van der Waals surface area contributed by atoms with Crippen LogP contribution in [0.5, 0.6) is 0 Å². The lowest BCUT2D eigenvalue weighted by atomic mass is 10.2. The van der Waals surface area contributed by atoms with Gasteiger partial charge in [0.2, 0.25) is 0 Å². The number of carboxylic acid groups (broad SMARTS) is 2. The molecule has 4 N–H and O–H groups in total. The van der Waals surface area contributed by atoms with Crippen LogP contribution in [0.2, 0.25) is 0 Å². The molecule has 0 aliphatic heterocycles. The lowest BCUT2D eigenvalue weighted by Gasteiger charge is -1.98. The number of nitrogens with two attached hydrogens (primary N) is 1. The van der Waals surface area contributed by atoms with Gasteiger partial charge < -0.3 is 15.9 Å². The zero-order valence-corrected chi connectivity index (χ0v) is 7.16. The van der Waals surface area contributed by atoms with Crippen molar-refractivity contribution < 1.29 is 15.0 Å². The first kappa shape index (κ1) is 13.3. The van der Waals surface area contributed by atoms with Crippen LogP contribution < -0.4 is 5.73 Å². The Morgan fingerprint density at radius 3 is 2.42 bits per heavy atom. The molecular weight excluding hydrogens is 158 g/mol. The molecule has 0 saturated heterocycles. The van der Waals surface area contributed by atoms with Crippen LogP contribution in [0.1, 0.15) is 19.8 Å². The monoisotopic (exact) mass is 173 g/mol. The van der Waals surface area contributed by atoms with Gasteiger partial charge in [-0.2, -0.15) is 0 Å². The number of rotatable bonds is 3. The molecule has 0 radical (unpaired) electrons. The van der Waals surface area contributed by atoms with Crippen LogP contribution in [-0.2, 0) is 0 Å². The molecule has 0 heterocycles. The highest BCUT2D eigenvalue weighted by atomic mass is 16.6. The zero-order chi connectivity index (χ0) is 9.98. The molecule has 0 fully saturated rings. The second-order valence-electron chi connectivity index (χ2n) is 2.11. The minimum absolute atomic E-state index is 0.164. The van der Waals surface area contributed by atoms with Crippen LogP contribution >= 0.6 is 0 Å². The van der Waals surface area contributed by atoms with Crippen molar-refractivity contribution in [1.82, 2.24) is 0 Å². The van der Waals surface area contributed by atoms with Gasteiger partial charge in [0.1, 0.15) is 0 Å². The molecule has 4 heteroatoms. The summed E-state index contributed by atoms with van der Waals surface area (Å²) < 4.78 is 0. The number of hydrogen-bond donors (Lipinski definition) is 3. The Bertz CT molecular complexity index is 158. The van der Waals surface area contributed by atoms with E-state index >= 15 is 0 Å². The van der Waals surface area contributed by atoms with Crippen LogP contribution in [0.15, 0.2) is 18.4 Å². The van der Waals surface area contributed by atoms with Gasteiger partial charge in [0, 0.05) is 6.04 Å². The summed E-state index contributed by atoms with van der Waals surface area (Å²) in [6.07, 6.45) is 2.12. The molecule has 0 saturated carbocycles. The molecule has 0 rings (SSSR count). The molecule has 0 spiro atoms. The third-order valence-corrected chi connectivity index (χ3v) is 0.954. The molecule has 70 valence electrons. The van der Waals surface area contributed by atoms with E-state index in [4.69, 9.17) is 20.7 Å². The van der Waals surface area contributed by atoms with Gasteiger partial charge in [-0.25, -0.2) is 4.79 Å². The summed E-state index contributed by atoms with van der Waals surface area (Å²) in [4.78, 5) is 8.56. The SMILES string of the molecule is C=C=C[C@@H](N)CCC.O=C(O)O. The van der Waals surface area contributed by atoms with E-state index in [-0.39, 0.29) is 6.04 Å². The highest BCUT2D eigenvalue weighted by molar-refractivity contribution is 5.53. The fourth-order valence-electron chi connectivity index (χ4n) is 0.568. The Kier molecular flexibility index (Phi) is 10.8. The van der Waals surface area contributed by atoms with Crippen LogP contribution in [-0.4, -0.2) is 22.4 Å². The van der Waals surface area contributed by atoms with E-state index in [0.717, 1.165) is 12.8 Å². The maximum atomic E-state index is 8.56. The fraction of sp³-hybridized carbons (Fsp3) is 0.500. The van der Waals surface area contributed by atoms with Gasteiger partial charge in [0.15, 0.2) is 0 Å². The first-order valence-corrected chi connectivity index (χ1v) is 3.58. The molecule has 0 amide bonds. The molecule has 0 aromatic carbocycles. The highest BCUT2D eigenvalue weighted by Crippen LogP contribution is 1.91. The Morgan fingerprint density at radius 1 is 1.75 bits per heavy atom. The minimum atomic E-state index is -1.83. The summed E-state index contributed by atoms with van der Waals surface area (Å²) in [5.74, 6) is 0. The molecule has 12 heavy (non-hydrogen) atoms. The molecule has 0 aliphatic carbocycles. The minimum Gasteiger partial charge on any atom is -0.450 e. The first-order valence-electron chi connectivity index (χ1n) is 3.58. The molecule has 0 aromatic rings. The van der Waals surface area contributed by atoms with E-state index in [1.54, 1.807) is 6.08 Å². The average molecular weight is 173 g/mol. The van der Waals surface area contributed by atoms with E-state index < -0.39 is 6.16 Å². The Hall–Kier alpha value is -1.25. The van der Waals surface area contributed by atoms with E-state index in [9.17, 15) is 0 Å². The lowest BCUT2D eigenvalue weighted by Crippen LogP contribution is -2.15. The predicted molar refractivity (Wildman–Crippen MR) is 47.2 cm³/mol. The molecule has 0 unspecified atom stereocenters. The number of carbonyl (C=O) groups is 1. The standard InChI is InChI=1S/C7H13N.CH2O3/c1-3-5-7(8)6-4-2;2-1(3)4/h5,7H,1,4,6,8H2,2H3;(H2,2,3,4)/t7-;/m1./s1. The van der Waals surface area contributed by atoms with Crippen molar-refractivity contribution >= 4 is 6.16 Å². The van der Waals surface area contributed by atoms with Crippen molar-refractivity contribution in [3.63, 3.8) is 0 Å². The second-order valence-corrected chi connectivity index (χ2v) is 2.11. The number of hydrogen-bond acceptors (Lipinski definition) is 2. The maximum absolute atomic E-state index is 8.56. The summed E-state index contributed by atoms with van der Waals surface area (Å²) in [5.41, 5.74) is 8.19. The van der Waals surface area contributed by atoms with Gasteiger partial charge in [-0.15, -0.1) is 5.73 Å². The van der Waals surface area contributed by atoms with Crippen LogP contribution in [0.3, 0.4) is 0 Å². The third kappa shape index (κ3) is 23.3. The Morgan fingerprint density at radius 2 is 2.17 bits per heavy atom. The van der Waals surface area contributed by atoms with Crippen molar-refractivity contribution in [3.8, 4) is 0 Å². The first-order chi connectivity index (χ1) is 5.54. The van der Waals surface area contributed by atoms with Crippen molar-refractivity contribution in [2.24, 2.45) is 5.73 Å². The van der Waals surface area contributed by atoms with Crippen LogP contribution in [0.25, 0.3) is 0 Å². The van der Waals surface area contributed by atoms with E-state index in [2.05, 4.69) is 19.2 Å². The molecule has 0 aromatic heterocycles. The largest absolute Gasteiger partial charge is 0.503 e. The topological polar surface area (TPSA) is 83.6 Å². The van der Waals surface area contributed by atoms with Gasteiger partial charge in [-0.3, -0.25) is 0 Å². The van der Waals surface area contributed by atoms with Crippen molar-refractivity contribution in [3.05, 3.63) is 18.4 Å². The van der Waals surface area contributed by atoms with Gasteiger partial charge in [-0.1, -0.05) is 19.9 Å². The summed E-state index contributed by atoms with van der Waals surface area (Å²) in [5, 5.41) is 13.9. The quantitative estimate of drug-likeness (QED) is 0.567. The zero-order valence-electron chi connectivity index (χ0n) is 7.16. The van der Waals surface area contributed by atoms with Crippen molar-refractivity contribution in [2.45, 2.75) is 25.8 Å². The fourth-order valence-corrected chi connectivity index (χ4v) is 0.568. The van der Waals surface area contributed by atoms with E-state index in [1.165, 1.54) is 0 Å². The van der Waals surface area contributed by atoms with Gasteiger partial charge in [-0.05, 0) is 12.5 Å². The molecule has 4 nitrogen and oxygen atoms in total.